The van der Waals surface area contributed by atoms with E-state index in [9.17, 15) is 4.79 Å². The number of hydrogen-bond donors (Lipinski definition) is 1. The van der Waals surface area contributed by atoms with Crippen molar-refractivity contribution in [2.75, 3.05) is 0 Å². The molecule has 1 aliphatic carbocycles. The van der Waals surface area contributed by atoms with Gasteiger partial charge in [0.05, 0.1) is 0 Å². The Balaban J connectivity index is 1.61. The van der Waals surface area contributed by atoms with Gasteiger partial charge in [0, 0.05) is 6.04 Å². The molecule has 4 heteroatoms. The van der Waals surface area contributed by atoms with Gasteiger partial charge in [-0.3, -0.25) is 4.79 Å². The summed E-state index contributed by atoms with van der Waals surface area (Å²) in [6, 6.07) is 7.59. The average molecular weight is 275 g/mol. The smallest absolute Gasteiger partial charge is 0.321 e. The molecule has 0 saturated heterocycles. The van der Waals surface area contributed by atoms with Gasteiger partial charge in [-0.25, -0.2) is 0 Å². The summed E-state index contributed by atoms with van der Waals surface area (Å²) < 4.78 is 11.1. The molecule has 1 fully saturated rings. The summed E-state index contributed by atoms with van der Waals surface area (Å²) in [6.45, 7) is 4.46. The van der Waals surface area contributed by atoms with Gasteiger partial charge in [-0.2, -0.15) is 0 Å². The predicted molar refractivity (Wildman–Crippen MR) is 75.6 cm³/mol. The lowest BCUT2D eigenvalue weighted by atomic mass is 9.78. The minimum absolute atomic E-state index is 0.174. The third-order valence-corrected chi connectivity index (χ3v) is 4.57. The van der Waals surface area contributed by atoms with E-state index in [0.717, 1.165) is 6.42 Å². The van der Waals surface area contributed by atoms with Crippen LogP contribution in [0, 0.1) is 11.8 Å². The number of benzene rings is 1. The maximum atomic E-state index is 12.3. The molecule has 1 saturated carbocycles. The Labute approximate surface area is 119 Å². The molecule has 0 radical (unpaired) electrons. The summed E-state index contributed by atoms with van der Waals surface area (Å²) in [6.07, 6.45) is 2.60. The molecule has 1 aromatic rings. The average Bonchev–Trinajstić information content (AvgIpc) is 2.88. The standard InChI is InChI=1S/C16H21NO3/c1-10-6-5-7-12(11(10)2)17-15(18)16-19-13-8-3-4-9-14(13)20-16/h3-4,8-12,16H,5-7H2,1-2H3,(H,17,18). The molecule has 3 rings (SSSR count). The molecule has 3 atom stereocenters. The van der Waals surface area contributed by atoms with Crippen LogP contribution in [0.4, 0.5) is 0 Å². The fourth-order valence-corrected chi connectivity index (χ4v) is 3.04. The van der Waals surface area contributed by atoms with Crippen LogP contribution in [0.1, 0.15) is 33.1 Å². The number of hydrogen-bond acceptors (Lipinski definition) is 3. The highest BCUT2D eigenvalue weighted by atomic mass is 16.7. The number of ether oxygens (including phenoxy) is 2. The van der Waals surface area contributed by atoms with E-state index in [-0.39, 0.29) is 11.9 Å². The van der Waals surface area contributed by atoms with Crippen LogP contribution < -0.4 is 14.8 Å². The van der Waals surface area contributed by atoms with Crippen LogP contribution in [-0.2, 0) is 4.79 Å². The number of rotatable bonds is 2. The van der Waals surface area contributed by atoms with Crippen molar-refractivity contribution in [3.8, 4) is 11.5 Å². The first-order valence-corrected chi connectivity index (χ1v) is 7.38. The Bertz CT molecular complexity index is 477. The molecule has 108 valence electrons. The van der Waals surface area contributed by atoms with Crippen molar-refractivity contribution in [3.05, 3.63) is 24.3 Å². The number of carbonyl (C=O) groups excluding carboxylic acids is 1. The van der Waals surface area contributed by atoms with Crippen LogP contribution in [-0.4, -0.2) is 18.2 Å². The van der Waals surface area contributed by atoms with E-state index < -0.39 is 6.29 Å². The third-order valence-electron chi connectivity index (χ3n) is 4.57. The van der Waals surface area contributed by atoms with E-state index in [1.165, 1.54) is 12.8 Å². The Morgan fingerprint density at radius 3 is 2.45 bits per heavy atom. The molecule has 0 spiro atoms. The fraction of sp³-hybridized carbons (Fsp3) is 0.562. The monoisotopic (exact) mass is 275 g/mol. The van der Waals surface area contributed by atoms with Gasteiger partial charge in [-0.1, -0.05) is 38.8 Å². The van der Waals surface area contributed by atoms with Crippen LogP contribution in [0.3, 0.4) is 0 Å². The summed E-state index contributed by atoms with van der Waals surface area (Å²) in [4.78, 5) is 12.3. The summed E-state index contributed by atoms with van der Waals surface area (Å²) >= 11 is 0. The van der Waals surface area contributed by atoms with Gasteiger partial charge in [-0.05, 0) is 30.4 Å². The van der Waals surface area contributed by atoms with Crippen molar-refractivity contribution in [1.82, 2.24) is 5.32 Å². The second-order valence-corrected chi connectivity index (χ2v) is 5.90. The molecule has 1 amide bonds. The minimum Gasteiger partial charge on any atom is -0.442 e. The molecule has 20 heavy (non-hydrogen) atoms. The third kappa shape index (κ3) is 2.47. The molecule has 3 unspecified atom stereocenters. The van der Waals surface area contributed by atoms with Crippen LogP contribution in [0.5, 0.6) is 11.5 Å². The Hall–Kier alpha value is -1.71. The molecule has 0 aromatic heterocycles. The molecule has 2 aliphatic rings. The highest BCUT2D eigenvalue weighted by molar-refractivity contribution is 5.81. The Kier molecular flexibility index (Phi) is 3.55. The predicted octanol–water partition coefficient (Wildman–Crippen LogP) is 2.72. The van der Waals surface area contributed by atoms with Crippen molar-refractivity contribution in [3.63, 3.8) is 0 Å². The van der Waals surface area contributed by atoms with Gasteiger partial charge in [0.2, 0.25) is 0 Å². The van der Waals surface area contributed by atoms with E-state index in [1.54, 1.807) is 0 Å². The second-order valence-electron chi connectivity index (χ2n) is 5.90. The molecule has 0 bridgehead atoms. The zero-order valence-electron chi connectivity index (χ0n) is 12.0. The van der Waals surface area contributed by atoms with E-state index in [0.29, 0.717) is 23.3 Å². The first kappa shape index (κ1) is 13.3. The highest BCUT2D eigenvalue weighted by Gasteiger charge is 2.34. The quantitative estimate of drug-likeness (QED) is 0.902. The largest absolute Gasteiger partial charge is 0.442 e. The second kappa shape index (κ2) is 5.35. The number of para-hydroxylation sites is 2. The van der Waals surface area contributed by atoms with Crippen LogP contribution in [0.2, 0.25) is 0 Å². The molecular weight excluding hydrogens is 254 g/mol. The lowest BCUT2D eigenvalue weighted by Crippen LogP contribution is -2.49. The molecule has 4 nitrogen and oxygen atoms in total. The lowest BCUT2D eigenvalue weighted by molar-refractivity contribution is -0.138. The number of carbonyl (C=O) groups is 1. The zero-order valence-corrected chi connectivity index (χ0v) is 12.0. The van der Waals surface area contributed by atoms with E-state index in [4.69, 9.17) is 9.47 Å². The van der Waals surface area contributed by atoms with Crippen molar-refractivity contribution >= 4 is 5.91 Å². The topological polar surface area (TPSA) is 47.6 Å². The molecule has 1 aliphatic heterocycles. The van der Waals surface area contributed by atoms with Gasteiger partial charge < -0.3 is 14.8 Å². The van der Waals surface area contributed by atoms with E-state index in [2.05, 4.69) is 19.2 Å². The lowest BCUT2D eigenvalue weighted by Gasteiger charge is -2.34. The molecular formula is C16H21NO3. The Morgan fingerprint density at radius 2 is 1.80 bits per heavy atom. The van der Waals surface area contributed by atoms with E-state index >= 15 is 0 Å². The first-order chi connectivity index (χ1) is 9.65. The summed E-state index contributed by atoms with van der Waals surface area (Å²) in [5, 5.41) is 3.09. The minimum atomic E-state index is -0.850. The molecule has 1 heterocycles. The summed E-state index contributed by atoms with van der Waals surface area (Å²) in [5.41, 5.74) is 0. The summed E-state index contributed by atoms with van der Waals surface area (Å²) in [7, 11) is 0. The van der Waals surface area contributed by atoms with Crippen LogP contribution >= 0.6 is 0 Å². The number of nitrogens with one attached hydrogen (secondary N) is 1. The van der Waals surface area contributed by atoms with Gasteiger partial charge in [0.15, 0.2) is 11.5 Å². The molecule has 1 aromatic carbocycles. The Morgan fingerprint density at radius 1 is 1.15 bits per heavy atom. The number of amides is 1. The summed E-state index contributed by atoms with van der Waals surface area (Å²) in [5.74, 6) is 2.25. The van der Waals surface area contributed by atoms with Gasteiger partial charge in [0.25, 0.3) is 0 Å². The van der Waals surface area contributed by atoms with Gasteiger partial charge in [-0.15, -0.1) is 0 Å². The van der Waals surface area contributed by atoms with Gasteiger partial charge in [0.1, 0.15) is 0 Å². The fourth-order valence-electron chi connectivity index (χ4n) is 3.04. The SMILES string of the molecule is CC1CCCC(NC(=O)C2Oc3ccccc3O2)C1C. The maximum Gasteiger partial charge on any atom is 0.321 e. The van der Waals surface area contributed by atoms with Crippen LogP contribution in [0.25, 0.3) is 0 Å². The number of fused-ring (bicyclic) bond motifs is 1. The first-order valence-electron chi connectivity index (χ1n) is 7.38. The van der Waals surface area contributed by atoms with Crippen molar-refractivity contribution < 1.29 is 14.3 Å². The maximum absolute atomic E-state index is 12.3. The highest BCUT2D eigenvalue weighted by Crippen LogP contribution is 2.34. The van der Waals surface area contributed by atoms with Crippen molar-refractivity contribution in [2.24, 2.45) is 11.8 Å². The molecule has 1 N–H and O–H groups in total. The zero-order chi connectivity index (χ0) is 14.1. The van der Waals surface area contributed by atoms with Crippen molar-refractivity contribution in [1.29, 1.82) is 0 Å². The van der Waals surface area contributed by atoms with Gasteiger partial charge >= 0.3 is 12.2 Å². The van der Waals surface area contributed by atoms with Crippen molar-refractivity contribution in [2.45, 2.75) is 45.4 Å². The normalized spacial score (nSPS) is 29.2. The van der Waals surface area contributed by atoms with Crippen LogP contribution in [0.15, 0.2) is 24.3 Å². The van der Waals surface area contributed by atoms with E-state index in [1.807, 2.05) is 24.3 Å².